The number of phosphoric acid groups is 2. The summed E-state index contributed by atoms with van der Waals surface area (Å²) < 4.78 is 86.7. The van der Waals surface area contributed by atoms with E-state index in [-0.39, 0.29) is 50.9 Å². The van der Waals surface area contributed by atoms with E-state index in [2.05, 4.69) is 44.9 Å². The summed E-state index contributed by atoms with van der Waals surface area (Å²) in [6, 6.07) is 0. The summed E-state index contributed by atoms with van der Waals surface area (Å²) in [4.78, 5) is 68.1. The molecular weight excluding hydrogens is 963 g/mol. The van der Waals surface area contributed by atoms with Crippen molar-refractivity contribution < 1.29 is 85.6 Å². The average Bonchev–Trinajstić information content (AvgIpc) is 4.13. The van der Waals surface area contributed by atoms with Crippen molar-refractivity contribution in [1.29, 1.82) is 0 Å². The molecule has 15 atom stereocenters. The number of aliphatic hydroxyl groups excluding tert-OH is 4. The van der Waals surface area contributed by atoms with Gasteiger partial charge in [0.1, 0.15) is 90.5 Å². The number of nitrogens with zero attached hydrogens (tertiary/aromatic N) is 12. The number of hydrogen-bond acceptors (Lipinski definition) is 27. The number of anilines is 3. The molecule has 0 aliphatic carbocycles. The fraction of sp³-hybridized carbons (Fsp3) is 0.516. The first-order valence-electron chi connectivity index (χ1n) is 19.4. The van der Waals surface area contributed by atoms with Crippen LogP contribution in [-0.2, 0) is 50.5 Å². The highest BCUT2D eigenvalue weighted by Crippen LogP contribution is 2.53. The Bertz CT molecular complexity index is 2940. The Morgan fingerprint density at radius 3 is 1.25 bits per heavy atom. The number of hydrogen-bond donors (Lipinski definition) is 10. The maximum absolute atomic E-state index is 13.7. The van der Waals surface area contributed by atoms with E-state index in [4.69, 9.17) is 54.0 Å². The zero-order valence-corrected chi connectivity index (χ0v) is 36.8. The van der Waals surface area contributed by atoms with E-state index in [1.165, 1.54) is 15.5 Å². The summed E-state index contributed by atoms with van der Waals surface area (Å²) in [7, 11) is -14.8. The van der Waals surface area contributed by atoms with Gasteiger partial charge in [0, 0.05) is 6.66 Å². The minimum absolute atomic E-state index is 0.00856. The Labute approximate surface area is 373 Å². The fourth-order valence-corrected chi connectivity index (χ4v) is 9.86. The monoisotopic (exact) mass is 1000 g/mol. The molecule has 9 heterocycles. The molecule has 36 heteroatoms. The lowest BCUT2D eigenvalue weighted by molar-refractivity contribution is -0.0642. The van der Waals surface area contributed by atoms with E-state index in [0.29, 0.717) is 0 Å². The highest BCUT2D eigenvalue weighted by molar-refractivity contribution is 7.51. The first-order chi connectivity index (χ1) is 31.7. The number of rotatable bonds is 16. The minimum atomic E-state index is -5.38. The number of fused-ring (bicyclic) bond motifs is 3. The quantitative estimate of drug-likeness (QED) is 0.0439. The van der Waals surface area contributed by atoms with Crippen LogP contribution in [0.25, 0.3) is 33.5 Å². The van der Waals surface area contributed by atoms with Gasteiger partial charge in [0.25, 0.3) is 0 Å². The average molecular weight is 1000 g/mol. The number of imidazole rings is 3. The molecule has 0 saturated carbocycles. The zero-order chi connectivity index (χ0) is 47.7. The third-order valence-electron chi connectivity index (χ3n) is 10.7. The number of nitrogen functional groups attached to an aromatic ring is 3. The van der Waals surface area contributed by atoms with Crippen LogP contribution in [0.4, 0.5) is 17.5 Å². The summed E-state index contributed by atoms with van der Waals surface area (Å²) in [5.41, 5.74) is 18.2. The smallest absolute Gasteiger partial charge is 0.387 e. The van der Waals surface area contributed by atoms with Gasteiger partial charge in [0.15, 0.2) is 53.1 Å². The number of aliphatic hydroxyl groups is 4. The molecule has 15 unspecified atom stereocenters. The Morgan fingerprint density at radius 2 is 0.866 bits per heavy atom. The molecule has 0 amide bonds. The van der Waals surface area contributed by atoms with Crippen LogP contribution in [0.2, 0.25) is 0 Å². The molecule has 9 rings (SSSR count). The molecule has 3 aliphatic rings. The predicted molar refractivity (Wildman–Crippen MR) is 218 cm³/mol. The second-order valence-electron chi connectivity index (χ2n) is 15.2. The SMILES string of the molecule is CP(=O)(O)OCC1OC(n2cnc3c(N)ncnc32)C(OP(=O)(O)OCC2OC(n3cnc4c(N)ncnc43)C(OP(=O)(O)OCC3OC(n4cnc5c(N)ncnc54)C(O)C3O)C2O)C1O. The third-order valence-corrected chi connectivity index (χ3v) is 13.3. The molecule has 362 valence electrons. The maximum Gasteiger partial charge on any atom is 0.472 e. The number of phosphoric ester groups is 2. The summed E-state index contributed by atoms with van der Waals surface area (Å²) >= 11 is 0. The first-order valence-corrected chi connectivity index (χ1v) is 24.5. The zero-order valence-electron chi connectivity index (χ0n) is 34.1. The van der Waals surface area contributed by atoms with Crippen LogP contribution in [0.1, 0.15) is 18.7 Å². The van der Waals surface area contributed by atoms with E-state index in [1.54, 1.807) is 0 Å². The van der Waals surface area contributed by atoms with Crippen LogP contribution in [0.5, 0.6) is 0 Å². The van der Waals surface area contributed by atoms with Crippen LogP contribution in [0.3, 0.4) is 0 Å². The Morgan fingerprint density at radius 1 is 0.522 bits per heavy atom. The lowest BCUT2D eigenvalue weighted by Crippen LogP contribution is -2.37. The van der Waals surface area contributed by atoms with E-state index in [1.807, 2.05) is 0 Å². The minimum Gasteiger partial charge on any atom is -0.387 e. The van der Waals surface area contributed by atoms with E-state index in [0.717, 1.165) is 42.9 Å². The molecular formula is C31H40N15O18P3. The van der Waals surface area contributed by atoms with Crippen LogP contribution < -0.4 is 17.2 Å². The Balaban J connectivity index is 0.918. The maximum atomic E-state index is 13.7. The molecule has 3 saturated heterocycles. The molecule has 3 fully saturated rings. The summed E-state index contributed by atoms with van der Waals surface area (Å²) in [5.74, 6) is -0.0833. The molecule has 3 aliphatic heterocycles. The summed E-state index contributed by atoms with van der Waals surface area (Å²) in [6.07, 6.45) is -13.0. The first kappa shape index (κ1) is 47.2. The molecule has 0 spiro atoms. The summed E-state index contributed by atoms with van der Waals surface area (Å²) in [6.45, 7) is -1.67. The third kappa shape index (κ3) is 9.24. The van der Waals surface area contributed by atoms with Gasteiger partial charge >= 0.3 is 23.2 Å². The van der Waals surface area contributed by atoms with E-state index in [9.17, 15) is 48.8 Å². The largest absolute Gasteiger partial charge is 0.472 e. The van der Waals surface area contributed by atoms with Gasteiger partial charge in [-0.3, -0.25) is 36.4 Å². The molecule has 0 radical (unpaired) electrons. The molecule has 0 aromatic carbocycles. The standard InChI is InChI=1S/C31H40N15O18P3/c1-65(51,52)57-2-12-18(48)21(30(61-12)45-9-42-15-24(33)36-6-39-27(15)45)63-67(55,56)59-4-13-19(49)22(31(62-13)46-10-43-16-25(34)37-7-40-28(16)46)64-66(53,54)58-3-11-17(47)20(50)29(60-11)44-8-41-14-23(32)35-5-38-26(14)44/h5-13,17-22,29-31,47-50H,2-4H2,1H3,(H,51,52)(H,53,54)(H,55,56)(H2,32,35,38)(H2,33,36,39)(H2,34,37,40). The molecule has 6 aromatic rings. The van der Waals surface area contributed by atoms with Crippen molar-refractivity contribution in [3.05, 3.63) is 38.0 Å². The highest BCUT2D eigenvalue weighted by Gasteiger charge is 2.53. The van der Waals surface area contributed by atoms with Gasteiger partial charge in [-0.05, 0) is 0 Å². The molecule has 67 heavy (non-hydrogen) atoms. The topological polar surface area (TPSA) is 476 Å². The molecule has 13 N–H and O–H groups in total. The number of ether oxygens (including phenoxy) is 3. The Kier molecular flexibility index (Phi) is 12.6. The van der Waals surface area contributed by atoms with Crippen molar-refractivity contribution >= 4 is 74.2 Å². The van der Waals surface area contributed by atoms with Crippen molar-refractivity contribution in [1.82, 2.24) is 58.6 Å². The van der Waals surface area contributed by atoms with Gasteiger partial charge in [0.05, 0.1) is 38.8 Å². The lowest BCUT2D eigenvalue weighted by atomic mass is 10.1. The van der Waals surface area contributed by atoms with Crippen molar-refractivity contribution in [2.75, 3.05) is 43.7 Å². The number of nitrogens with two attached hydrogens (primary N) is 3. The van der Waals surface area contributed by atoms with E-state index < -0.39 is 117 Å². The molecule has 6 aromatic heterocycles. The van der Waals surface area contributed by atoms with Gasteiger partial charge in [-0.15, -0.1) is 0 Å². The Hall–Kier alpha value is -4.86. The highest BCUT2D eigenvalue weighted by atomic mass is 31.2. The van der Waals surface area contributed by atoms with Crippen LogP contribution in [0.15, 0.2) is 38.0 Å². The van der Waals surface area contributed by atoms with Gasteiger partial charge in [0.2, 0.25) is 0 Å². The van der Waals surface area contributed by atoms with Crippen LogP contribution in [0, 0.1) is 0 Å². The van der Waals surface area contributed by atoms with Crippen LogP contribution >= 0.6 is 23.2 Å². The second-order valence-corrected chi connectivity index (χ2v) is 19.9. The van der Waals surface area contributed by atoms with Gasteiger partial charge in [-0.2, -0.15) is 0 Å². The van der Waals surface area contributed by atoms with Crippen molar-refractivity contribution in [2.24, 2.45) is 0 Å². The normalized spacial score (nSPS) is 31.7. The fourth-order valence-electron chi connectivity index (χ4n) is 7.57. The van der Waals surface area contributed by atoms with Crippen LogP contribution in [-0.4, -0.2) is 175 Å². The van der Waals surface area contributed by atoms with Crippen molar-refractivity contribution in [2.45, 2.75) is 73.6 Å². The number of aromatic nitrogens is 12. The second kappa shape index (κ2) is 17.9. The van der Waals surface area contributed by atoms with Crippen molar-refractivity contribution in [3.63, 3.8) is 0 Å². The molecule has 0 bridgehead atoms. The lowest BCUT2D eigenvalue weighted by Gasteiger charge is -2.25. The van der Waals surface area contributed by atoms with Gasteiger partial charge in [-0.25, -0.2) is 54.0 Å². The van der Waals surface area contributed by atoms with Gasteiger partial charge < -0.3 is 71.0 Å². The summed E-state index contributed by atoms with van der Waals surface area (Å²) in [5, 5.41) is 44.5. The molecule has 33 nitrogen and oxygen atoms in total. The van der Waals surface area contributed by atoms with Gasteiger partial charge in [-0.1, -0.05) is 0 Å². The van der Waals surface area contributed by atoms with Crippen molar-refractivity contribution in [3.8, 4) is 0 Å². The van der Waals surface area contributed by atoms with E-state index >= 15 is 0 Å². The predicted octanol–water partition coefficient (Wildman–Crippen LogP) is -2.78.